The van der Waals surface area contributed by atoms with Crippen molar-refractivity contribution in [3.05, 3.63) is 23.8 Å². The van der Waals surface area contributed by atoms with Crippen molar-refractivity contribution >= 4 is 11.9 Å². The minimum absolute atomic E-state index is 0.0481. The number of carboxylic acids is 1. The van der Waals surface area contributed by atoms with Gasteiger partial charge in [-0.1, -0.05) is 6.07 Å². The highest BCUT2D eigenvalue weighted by molar-refractivity contribution is 5.99. The number of rotatable bonds is 7. The fraction of sp³-hybridized carbons (Fsp3) is 0.385. The summed E-state index contributed by atoms with van der Waals surface area (Å²) in [4.78, 5) is 23.0. The summed E-state index contributed by atoms with van der Waals surface area (Å²) in [6.07, 6.45) is 0.127. The molecule has 0 aliphatic rings. The average Bonchev–Trinajstić information content (AvgIpc) is 2.43. The fourth-order valence-corrected chi connectivity index (χ4v) is 1.60. The number of phenols is 1. The molecule has 3 N–H and O–H groups in total. The van der Waals surface area contributed by atoms with Crippen molar-refractivity contribution in [1.82, 2.24) is 5.32 Å². The van der Waals surface area contributed by atoms with Gasteiger partial charge in [-0.05, 0) is 12.1 Å². The van der Waals surface area contributed by atoms with Gasteiger partial charge in [-0.2, -0.15) is 0 Å². The van der Waals surface area contributed by atoms with Crippen LogP contribution >= 0.6 is 0 Å². The number of hydrogen-bond acceptors (Lipinski definition) is 5. The highest BCUT2D eigenvalue weighted by Gasteiger charge is 2.22. The predicted molar refractivity (Wildman–Crippen MR) is 70.0 cm³/mol. The van der Waals surface area contributed by atoms with E-state index in [1.54, 1.807) is 0 Å². The molecule has 0 saturated carbocycles. The lowest BCUT2D eigenvalue weighted by atomic mass is 10.1. The monoisotopic (exact) mass is 283 g/mol. The second kappa shape index (κ2) is 7.34. The number of phenolic OH excluding ortho intramolecular Hbond substituents is 1. The van der Waals surface area contributed by atoms with Crippen molar-refractivity contribution in [2.24, 2.45) is 0 Å². The summed E-state index contributed by atoms with van der Waals surface area (Å²) in [7, 11) is 2.80. The van der Waals surface area contributed by atoms with Crippen LogP contribution in [0.1, 0.15) is 16.8 Å². The lowest BCUT2D eigenvalue weighted by Crippen LogP contribution is -2.41. The Kier molecular flexibility index (Phi) is 5.79. The van der Waals surface area contributed by atoms with E-state index in [-0.39, 0.29) is 30.1 Å². The summed E-state index contributed by atoms with van der Waals surface area (Å²) >= 11 is 0. The van der Waals surface area contributed by atoms with E-state index in [1.807, 2.05) is 0 Å². The smallest absolute Gasteiger partial charge is 0.326 e. The molecule has 0 aliphatic carbocycles. The quantitative estimate of drug-likeness (QED) is 0.677. The van der Waals surface area contributed by atoms with E-state index < -0.39 is 17.9 Å². The fourth-order valence-electron chi connectivity index (χ4n) is 1.60. The van der Waals surface area contributed by atoms with Crippen molar-refractivity contribution in [3.63, 3.8) is 0 Å². The molecule has 0 fully saturated rings. The van der Waals surface area contributed by atoms with Crippen LogP contribution in [0.3, 0.4) is 0 Å². The highest BCUT2D eigenvalue weighted by atomic mass is 16.5. The molecular weight excluding hydrogens is 266 g/mol. The largest absolute Gasteiger partial charge is 0.504 e. The van der Waals surface area contributed by atoms with Gasteiger partial charge in [-0.15, -0.1) is 0 Å². The predicted octanol–water partition coefficient (Wildman–Crippen LogP) is 0.620. The van der Waals surface area contributed by atoms with E-state index in [9.17, 15) is 14.7 Å². The molecule has 1 aromatic carbocycles. The molecule has 0 radical (unpaired) electrons. The number of carboxylic acid groups (broad SMARTS) is 1. The molecule has 0 aromatic heterocycles. The number of nitrogens with one attached hydrogen (secondary N) is 1. The molecule has 7 heteroatoms. The number of benzene rings is 1. The minimum atomic E-state index is -1.17. The molecule has 0 spiro atoms. The second-order valence-corrected chi connectivity index (χ2v) is 4.00. The van der Waals surface area contributed by atoms with Gasteiger partial charge in [0.1, 0.15) is 6.04 Å². The van der Waals surface area contributed by atoms with Gasteiger partial charge in [0.15, 0.2) is 11.5 Å². The first kappa shape index (κ1) is 15.8. The zero-order valence-electron chi connectivity index (χ0n) is 11.3. The van der Waals surface area contributed by atoms with Crippen molar-refractivity contribution < 1.29 is 29.3 Å². The van der Waals surface area contributed by atoms with Crippen LogP contribution in [0.25, 0.3) is 0 Å². The highest BCUT2D eigenvalue weighted by Crippen LogP contribution is 2.29. The number of carbonyl (C=O) groups is 2. The van der Waals surface area contributed by atoms with Crippen LogP contribution in [0.4, 0.5) is 0 Å². The molecular formula is C13H17NO6. The molecule has 1 amide bonds. The average molecular weight is 283 g/mol. The van der Waals surface area contributed by atoms with Crippen LogP contribution in [-0.4, -0.2) is 49.0 Å². The number of hydrogen-bond donors (Lipinski definition) is 3. The van der Waals surface area contributed by atoms with Crippen LogP contribution in [0.5, 0.6) is 11.5 Å². The number of methoxy groups -OCH3 is 2. The number of ether oxygens (including phenoxy) is 2. The Hall–Kier alpha value is -2.28. The molecule has 0 bridgehead atoms. The van der Waals surface area contributed by atoms with Gasteiger partial charge >= 0.3 is 5.97 Å². The summed E-state index contributed by atoms with van der Waals surface area (Å²) in [5.74, 6) is -2.05. The number of para-hydroxylation sites is 1. The van der Waals surface area contributed by atoms with Crippen LogP contribution in [-0.2, 0) is 9.53 Å². The Bertz CT molecular complexity index is 488. The van der Waals surface area contributed by atoms with Gasteiger partial charge in [0.2, 0.25) is 0 Å². The molecule has 1 rings (SSSR count). The minimum Gasteiger partial charge on any atom is -0.504 e. The van der Waals surface area contributed by atoms with Crippen molar-refractivity contribution in [3.8, 4) is 11.5 Å². The first-order valence-corrected chi connectivity index (χ1v) is 5.89. The lowest BCUT2D eigenvalue weighted by Gasteiger charge is -2.15. The molecule has 1 unspecified atom stereocenters. The Morgan fingerprint density at radius 2 is 2.05 bits per heavy atom. The van der Waals surface area contributed by atoms with E-state index in [2.05, 4.69) is 5.32 Å². The standard InChI is InChI=1S/C13H17NO6/c1-19-7-6-9(13(17)18)14-12(16)8-4-3-5-10(20-2)11(8)15/h3-5,9,15H,6-7H2,1-2H3,(H,14,16)(H,17,18). The number of amides is 1. The zero-order valence-corrected chi connectivity index (χ0v) is 11.3. The Morgan fingerprint density at radius 3 is 2.60 bits per heavy atom. The SMILES string of the molecule is COCCC(NC(=O)c1cccc(OC)c1O)C(=O)O. The Labute approximate surface area is 116 Å². The van der Waals surface area contributed by atoms with Crippen LogP contribution in [0, 0.1) is 0 Å². The van der Waals surface area contributed by atoms with Crippen LogP contribution < -0.4 is 10.1 Å². The molecule has 0 saturated heterocycles. The van der Waals surface area contributed by atoms with E-state index in [0.29, 0.717) is 0 Å². The molecule has 7 nitrogen and oxygen atoms in total. The third-order valence-corrected chi connectivity index (χ3v) is 2.68. The van der Waals surface area contributed by atoms with Gasteiger partial charge in [-0.25, -0.2) is 4.79 Å². The van der Waals surface area contributed by atoms with Crippen LogP contribution in [0.15, 0.2) is 18.2 Å². The maximum Gasteiger partial charge on any atom is 0.326 e. The molecule has 110 valence electrons. The summed E-state index contributed by atoms with van der Waals surface area (Å²) < 4.78 is 9.67. The van der Waals surface area contributed by atoms with Gasteiger partial charge in [0.25, 0.3) is 5.91 Å². The van der Waals surface area contributed by atoms with Gasteiger partial charge in [0, 0.05) is 20.1 Å². The normalized spacial score (nSPS) is 11.7. The molecule has 20 heavy (non-hydrogen) atoms. The lowest BCUT2D eigenvalue weighted by molar-refractivity contribution is -0.139. The van der Waals surface area contributed by atoms with Crippen molar-refractivity contribution in [1.29, 1.82) is 0 Å². The van der Waals surface area contributed by atoms with E-state index in [4.69, 9.17) is 14.6 Å². The first-order valence-electron chi connectivity index (χ1n) is 5.89. The third-order valence-electron chi connectivity index (χ3n) is 2.68. The number of carbonyl (C=O) groups excluding carboxylic acids is 1. The molecule has 1 aromatic rings. The summed E-state index contributed by atoms with van der Waals surface area (Å²) in [6.45, 7) is 0.196. The van der Waals surface area contributed by atoms with Crippen molar-refractivity contribution in [2.45, 2.75) is 12.5 Å². The first-order chi connectivity index (χ1) is 9.51. The second-order valence-electron chi connectivity index (χ2n) is 4.00. The van der Waals surface area contributed by atoms with Gasteiger partial charge < -0.3 is 25.0 Å². The summed E-state index contributed by atoms with van der Waals surface area (Å²) in [5.41, 5.74) is -0.0481. The maximum atomic E-state index is 12.0. The zero-order chi connectivity index (χ0) is 15.1. The Balaban J connectivity index is 2.86. The molecule has 0 heterocycles. The van der Waals surface area contributed by atoms with Gasteiger partial charge in [0.05, 0.1) is 12.7 Å². The summed E-state index contributed by atoms with van der Waals surface area (Å²) in [5, 5.41) is 21.2. The molecule has 1 atom stereocenters. The number of aromatic hydroxyl groups is 1. The van der Waals surface area contributed by atoms with Gasteiger partial charge in [-0.3, -0.25) is 4.79 Å². The third kappa shape index (κ3) is 3.86. The van der Waals surface area contributed by atoms with E-state index in [0.717, 1.165) is 0 Å². The van der Waals surface area contributed by atoms with Crippen LogP contribution in [0.2, 0.25) is 0 Å². The summed E-state index contributed by atoms with van der Waals surface area (Å²) in [6, 6.07) is 3.31. The number of aliphatic carboxylic acids is 1. The molecule has 0 aliphatic heterocycles. The Morgan fingerprint density at radius 1 is 1.35 bits per heavy atom. The maximum absolute atomic E-state index is 12.0. The topological polar surface area (TPSA) is 105 Å². The van der Waals surface area contributed by atoms with E-state index >= 15 is 0 Å². The van der Waals surface area contributed by atoms with Crippen molar-refractivity contribution in [2.75, 3.05) is 20.8 Å². The van der Waals surface area contributed by atoms with E-state index in [1.165, 1.54) is 32.4 Å².